The highest BCUT2D eigenvalue weighted by Crippen LogP contribution is 2.29. The first-order valence-electron chi connectivity index (χ1n) is 27.9. The summed E-state index contributed by atoms with van der Waals surface area (Å²) in [5.41, 5.74) is 23.5. The number of amides is 5. The molecule has 0 unspecified atom stereocenters. The van der Waals surface area contributed by atoms with Gasteiger partial charge >= 0.3 is 0 Å². The molecular formula is C65H81N9O7. The molecule has 0 bridgehead atoms. The second-order valence-corrected chi connectivity index (χ2v) is 19.6. The van der Waals surface area contributed by atoms with E-state index >= 15 is 4.79 Å². The molecule has 6 aromatic rings. The lowest BCUT2D eigenvalue weighted by atomic mass is 9.90. The van der Waals surface area contributed by atoms with E-state index < -0.39 is 42.6 Å². The van der Waals surface area contributed by atoms with Gasteiger partial charge in [0.05, 0.1) is 39.3 Å². The van der Waals surface area contributed by atoms with Crippen molar-refractivity contribution >= 4 is 42.1 Å². The van der Waals surface area contributed by atoms with Crippen LogP contribution < -0.4 is 22.5 Å². The van der Waals surface area contributed by atoms with Gasteiger partial charge in [0.15, 0.2) is 0 Å². The molecule has 0 spiro atoms. The number of carbonyl (C=O) groups excluding carboxylic acids is 7. The maximum atomic E-state index is 15.3. The number of nitrogens with two attached hydrogens (primary N) is 3. The van der Waals surface area contributed by atoms with Gasteiger partial charge in [-0.05, 0) is 85.7 Å². The van der Waals surface area contributed by atoms with Gasteiger partial charge in [-0.15, -0.1) is 0 Å². The van der Waals surface area contributed by atoms with Crippen LogP contribution in [0.4, 0.5) is 0 Å². The minimum absolute atomic E-state index is 0.0295. The Kier molecular flexibility index (Phi) is 28.4. The summed E-state index contributed by atoms with van der Waals surface area (Å²) in [6.07, 6.45) is 2.82. The Morgan fingerprint density at radius 3 is 0.951 bits per heavy atom. The van der Waals surface area contributed by atoms with Crippen LogP contribution in [0.1, 0.15) is 77.3 Å². The lowest BCUT2D eigenvalue weighted by molar-refractivity contribution is -0.147. The number of hydrogen-bond acceptors (Lipinski definition) is 11. The van der Waals surface area contributed by atoms with Crippen molar-refractivity contribution in [1.29, 1.82) is 0 Å². The highest BCUT2D eigenvalue weighted by molar-refractivity contribution is 5.92. The molecule has 6 aromatic carbocycles. The molecule has 0 saturated carbocycles. The highest BCUT2D eigenvalue weighted by atomic mass is 16.2. The maximum Gasteiger partial charge on any atom is 0.242 e. The van der Waals surface area contributed by atoms with E-state index in [-0.39, 0.29) is 89.7 Å². The quantitative estimate of drug-likeness (QED) is 0.0290. The second kappa shape index (κ2) is 36.2. The molecule has 7 N–H and O–H groups in total. The minimum atomic E-state index is -0.514. The van der Waals surface area contributed by atoms with Crippen molar-refractivity contribution in [3.05, 3.63) is 215 Å². The third kappa shape index (κ3) is 21.1. The van der Waals surface area contributed by atoms with E-state index in [1.54, 1.807) is 4.90 Å². The van der Waals surface area contributed by atoms with E-state index in [0.29, 0.717) is 38.6 Å². The average Bonchev–Trinajstić information content (AvgIpc) is 3.57. The van der Waals surface area contributed by atoms with E-state index in [9.17, 15) is 24.0 Å². The highest BCUT2D eigenvalue weighted by Gasteiger charge is 2.32. The molecule has 5 amide bonds. The Bertz CT molecular complexity index is 2660. The topological polar surface area (TPSA) is 226 Å². The molecule has 81 heavy (non-hydrogen) atoms. The molecule has 0 atom stereocenters. The van der Waals surface area contributed by atoms with Crippen molar-refractivity contribution in [2.45, 2.75) is 43.9 Å². The van der Waals surface area contributed by atoms with E-state index in [0.717, 1.165) is 39.7 Å². The summed E-state index contributed by atoms with van der Waals surface area (Å²) >= 11 is 0. The van der Waals surface area contributed by atoms with Gasteiger partial charge in [-0.2, -0.15) is 0 Å². The normalized spacial score (nSPS) is 10.9. The SMILES string of the molecule is CC=O.NCCCNCC(=O)N(CC(=O)N(CCCN)CC(=O)N(CC(=O)N(CCCN)CC(=O)N(CC=O)CC(c1ccccc1)c1ccccc1)CC(c1ccccc1)c1ccccc1)CC(c1ccccc1)c1ccccc1. The van der Waals surface area contributed by atoms with Crippen LogP contribution in [0, 0.1) is 0 Å². The lowest BCUT2D eigenvalue weighted by Crippen LogP contribution is -2.52. The third-order valence-electron chi connectivity index (χ3n) is 13.9. The fourth-order valence-corrected chi connectivity index (χ4v) is 9.60. The van der Waals surface area contributed by atoms with Crippen LogP contribution in [0.15, 0.2) is 182 Å². The van der Waals surface area contributed by atoms with Gasteiger partial charge in [0.25, 0.3) is 0 Å². The zero-order valence-corrected chi connectivity index (χ0v) is 46.8. The molecule has 0 fully saturated rings. The van der Waals surface area contributed by atoms with Crippen LogP contribution in [-0.4, -0.2) is 165 Å². The van der Waals surface area contributed by atoms with Crippen LogP contribution >= 0.6 is 0 Å². The Hall–Kier alpha value is -8.15. The van der Waals surface area contributed by atoms with Crippen molar-refractivity contribution in [2.75, 3.05) is 98.2 Å². The summed E-state index contributed by atoms with van der Waals surface area (Å²) in [4.78, 5) is 102. The van der Waals surface area contributed by atoms with Crippen LogP contribution in [0.5, 0.6) is 0 Å². The Morgan fingerprint density at radius 2 is 0.654 bits per heavy atom. The van der Waals surface area contributed by atoms with Gasteiger partial charge in [0, 0.05) is 50.5 Å². The molecule has 6 rings (SSSR count). The number of nitrogens with one attached hydrogen (secondary N) is 1. The monoisotopic (exact) mass is 1100 g/mol. The zero-order chi connectivity index (χ0) is 58.0. The smallest absolute Gasteiger partial charge is 0.242 e. The summed E-state index contributed by atoms with van der Waals surface area (Å²) in [7, 11) is 0. The van der Waals surface area contributed by atoms with Crippen LogP contribution in [0.2, 0.25) is 0 Å². The van der Waals surface area contributed by atoms with Gasteiger partial charge in [0.2, 0.25) is 29.5 Å². The van der Waals surface area contributed by atoms with Gasteiger partial charge < -0.3 is 56.6 Å². The number of nitrogens with zero attached hydrogens (tertiary/aromatic N) is 5. The van der Waals surface area contributed by atoms with E-state index in [1.807, 2.05) is 182 Å². The first-order chi connectivity index (χ1) is 39.5. The number of rotatable bonds is 33. The summed E-state index contributed by atoms with van der Waals surface area (Å²) in [5.74, 6) is -3.18. The van der Waals surface area contributed by atoms with Crippen molar-refractivity contribution in [1.82, 2.24) is 29.8 Å². The molecule has 428 valence electrons. The van der Waals surface area contributed by atoms with Gasteiger partial charge in [0.1, 0.15) is 12.6 Å². The molecule has 0 heterocycles. The summed E-state index contributed by atoms with van der Waals surface area (Å²) < 4.78 is 0. The molecule has 0 saturated heterocycles. The maximum absolute atomic E-state index is 15.3. The van der Waals surface area contributed by atoms with Crippen molar-refractivity contribution in [2.24, 2.45) is 17.2 Å². The fraction of sp³-hybridized carbons (Fsp3) is 0.338. The molecular weight excluding hydrogens is 1020 g/mol. The van der Waals surface area contributed by atoms with E-state index in [1.165, 1.54) is 26.5 Å². The summed E-state index contributed by atoms with van der Waals surface area (Å²) in [5, 5.41) is 3.18. The Labute approximate surface area is 478 Å². The Morgan fingerprint density at radius 1 is 0.395 bits per heavy atom. The zero-order valence-electron chi connectivity index (χ0n) is 46.8. The first kappa shape index (κ1) is 63.7. The third-order valence-corrected chi connectivity index (χ3v) is 13.9. The van der Waals surface area contributed by atoms with Gasteiger partial charge in [-0.3, -0.25) is 24.0 Å². The molecule has 0 aliphatic rings. The summed E-state index contributed by atoms with van der Waals surface area (Å²) in [6.45, 7) is 1.68. The molecule has 16 nitrogen and oxygen atoms in total. The standard InChI is InChI=1S/C63H77N9O6.C2H4O/c64-34-19-37-67-42-59(74)71(44-57(52-26-11-3-12-27-52)53-28-13-4-14-29-53)48-61(76)69(39-21-36-66)47-63(78)72(45-58(54-30-15-5-16-31-54)55-32-17-6-18-33-55)49-62(77)68(38-20-35-65)46-60(75)70(40-41-73)43-56(50-22-7-1-8-23-50)51-24-9-2-10-25-51;1-2-3/h1-18,22-33,41,56-58,67H,19-21,34-40,42-49,64-66H2;2H,1H3. The molecule has 0 aliphatic carbocycles. The summed E-state index contributed by atoms with van der Waals surface area (Å²) in [6, 6.07) is 58.5. The first-order valence-corrected chi connectivity index (χ1v) is 27.9. The second-order valence-electron chi connectivity index (χ2n) is 19.6. The largest absolute Gasteiger partial charge is 0.333 e. The molecule has 0 aromatic heterocycles. The molecule has 0 radical (unpaired) electrons. The van der Waals surface area contributed by atoms with Gasteiger partial charge in [-0.25, -0.2) is 0 Å². The minimum Gasteiger partial charge on any atom is -0.333 e. The van der Waals surface area contributed by atoms with Crippen LogP contribution in [0.25, 0.3) is 0 Å². The molecule has 0 aliphatic heterocycles. The predicted octanol–water partition coefficient (Wildman–Crippen LogP) is 5.67. The average molecular weight is 1100 g/mol. The fourth-order valence-electron chi connectivity index (χ4n) is 9.60. The van der Waals surface area contributed by atoms with E-state index in [2.05, 4.69) is 5.32 Å². The van der Waals surface area contributed by atoms with E-state index in [4.69, 9.17) is 22.0 Å². The van der Waals surface area contributed by atoms with Crippen LogP contribution in [0.3, 0.4) is 0 Å². The molecule has 16 heteroatoms. The number of hydrogen-bond donors (Lipinski definition) is 4. The van der Waals surface area contributed by atoms with Crippen molar-refractivity contribution in [3.63, 3.8) is 0 Å². The number of carbonyl (C=O) groups is 7. The van der Waals surface area contributed by atoms with Crippen molar-refractivity contribution in [3.8, 4) is 0 Å². The van der Waals surface area contributed by atoms with Crippen molar-refractivity contribution < 1.29 is 33.6 Å². The Balaban J connectivity index is 0.00000392. The number of benzene rings is 6. The van der Waals surface area contributed by atoms with Gasteiger partial charge in [-0.1, -0.05) is 182 Å². The number of aldehydes is 2. The predicted molar refractivity (Wildman–Crippen MR) is 319 cm³/mol. The lowest BCUT2D eigenvalue weighted by Gasteiger charge is -2.34. The van der Waals surface area contributed by atoms with Crippen LogP contribution in [-0.2, 0) is 33.6 Å².